The Balaban J connectivity index is 1.36. The molecule has 1 aliphatic heterocycles. The molecule has 8 heteroatoms. The van der Waals surface area contributed by atoms with Crippen LogP contribution in [0.4, 0.5) is 8.78 Å². The van der Waals surface area contributed by atoms with E-state index in [0.717, 1.165) is 22.4 Å². The third-order valence-corrected chi connectivity index (χ3v) is 6.18. The maximum Gasteiger partial charge on any atom is 0.254 e. The molecule has 0 bridgehead atoms. The number of carbonyl (C=O) groups excluding carboxylic acids is 1. The molecule has 162 valence electrons. The first-order valence-electron chi connectivity index (χ1n) is 10.0. The highest BCUT2D eigenvalue weighted by Gasteiger charge is 2.26. The van der Waals surface area contributed by atoms with E-state index in [1.807, 2.05) is 37.3 Å². The lowest BCUT2D eigenvalue weighted by molar-refractivity contribution is 0.0585. The normalized spacial score (nSPS) is 14.6. The van der Waals surface area contributed by atoms with Crippen molar-refractivity contribution < 1.29 is 22.8 Å². The molecule has 0 aliphatic carbocycles. The van der Waals surface area contributed by atoms with Crippen LogP contribution < -0.4 is 4.74 Å². The zero-order valence-corrected chi connectivity index (χ0v) is 17.8. The molecule has 0 spiro atoms. The first kappa shape index (κ1) is 21.4. The van der Waals surface area contributed by atoms with Crippen molar-refractivity contribution in [3.8, 4) is 5.75 Å². The van der Waals surface area contributed by atoms with Crippen LogP contribution in [0.3, 0.4) is 0 Å². The van der Waals surface area contributed by atoms with Crippen molar-refractivity contribution >= 4 is 17.7 Å². The third kappa shape index (κ3) is 5.25. The number of nitrogens with zero attached hydrogens (tertiary/aromatic N) is 2. The van der Waals surface area contributed by atoms with Crippen LogP contribution in [0.1, 0.15) is 34.7 Å². The van der Waals surface area contributed by atoms with Gasteiger partial charge in [0.1, 0.15) is 17.7 Å². The Bertz CT molecular complexity index is 1060. The van der Waals surface area contributed by atoms with Gasteiger partial charge in [-0.1, -0.05) is 17.3 Å². The number of aromatic nitrogens is 1. The number of hydrogen-bond acceptors (Lipinski definition) is 5. The number of thioether (sulfide) groups is 1. The number of halogens is 2. The smallest absolute Gasteiger partial charge is 0.254 e. The van der Waals surface area contributed by atoms with E-state index in [-0.39, 0.29) is 17.8 Å². The quantitative estimate of drug-likeness (QED) is 0.487. The van der Waals surface area contributed by atoms with Gasteiger partial charge >= 0.3 is 0 Å². The molecule has 2 heterocycles. The summed E-state index contributed by atoms with van der Waals surface area (Å²) in [7, 11) is 0. The Hall–Kier alpha value is -2.87. The minimum atomic E-state index is -0.716. The fraction of sp³-hybridized carbons (Fsp3) is 0.304. The number of aryl methyl sites for hydroxylation is 1. The van der Waals surface area contributed by atoms with E-state index in [1.54, 1.807) is 4.90 Å². The van der Waals surface area contributed by atoms with Crippen molar-refractivity contribution in [3.63, 3.8) is 0 Å². The zero-order chi connectivity index (χ0) is 21.8. The van der Waals surface area contributed by atoms with E-state index in [1.165, 1.54) is 23.9 Å². The summed E-state index contributed by atoms with van der Waals surface area (Å²) in [6, 6.07) is 12.7. The summed E-state index contributed by atoms with van der Waals surface area (Å²) >= 11 is 1.53. The minimum Gasteiger partial charge on any atom is -0.487 e. The molecule has 0 radical (unpaired) electrons. The van der Waals surface area contributed by atoms with Crippen molar-refractivity contribution in [2.45, 2.75) is 36.5 Å². The average molecular weight is 445 g/mol. The van der Waals surface area contributed by atoms with Gasteiger partial charge in [-0.05, 0) is 31.2 Å². The first-order chi connectivity index (χ1) is 15.0. The van der Waals surface area contributed by atoms with Crippen LogP contribution in [0.25, 0.3) is 0 Å². The van der Waals surface area contributed by atoms with Crippen molar-refractivity contribution in [2.24, 2.45) is 0 Å². The minimum absolute atomic E-state index is 0.0376. The number of amides is 1. The average Bonchev–Trinajstić information content (AvgIpc) is 3.19. The standard InChI is InChI=1S/C23H22F2N2O3S/c1-15-12-18(30-26-15)14-31-22-5-3-2-4-19(22)23(28)27-10-8-17(9-11-27)29-21-7-6-16(24)13-20(21)25/h2-7,12-13,17H,8-11,14H2,1H3. The van der Waals surface area contributed by atoms with Crippen LogP contribution in [0.2, 0.25) is 0 Å². The monoisotopic (exact) mass is 444 g/mol. The molecular weight excluding hydrogens is 422 g/mol. The molecule has 1 amide bonds. The molecule has 1 aromatic heterocycles. The van der Waals surface area contributed by atoms with Crippen LogP contribution >= 0.6 is 11.8 Å². The van der Waals surface area contributed by atoms with E-state index in [0.29, 0.717) is 37.2 Å². The third-order valence-electron chi connectivity index (χ3n) is 5.08. The molecule has 31 heavy (non-hydrogen) atoms. The SMILES string of the molecule is Cc1cc(CSc2ccccc2C(=O)N2CCC(Oc3ccc(F)cc3F)CC2)on1. The van der Waals surface area contributed by atoms with Crippen molar-refractivity contribution in [3.05, 3.63) is 77.2 Å². The lowest BCUT2D eigenvalue weighted by atomic mass is 10.1. The van der Waals surface area contributed by atoms with Gasteiger partial charge in [0.05, 0.1) is 17.0 Å². The fourth-order valence-corrected chi connectivity index (χ4v) is 4.42. The van der Waals surface area contributed by atoms with Crippen LogP contribution in [0.15, 0.2) is 57.9 Å². The maximum atomic E-state index is 13.8. The number of piperidine rings is 1. The lowest BCUT2D eigenvalue weighted by Gasteiger charge is -2.32. The van der Waals surface area contributed by atoms with E-state index in [9.17, 15) is 13.6 Å². The molecule has 1 aliphatic rings. The van der Waals surface area contributed by atoms with Gasteiger partial charge in [0.2, 0.25) is 0 Å². The number of benzene rings is 2. The molecule has 0 unspecified atom stereocenters. The molecule has 0 saturated carbocycles. The van der Waals surface area contributed by atoms with Gasteiger partial charge in [-0.25, -0.2) is 8.78 Å². The Morgan fingerprint density at radius 3 is 2.68 bits per heavy atom. The summed E-state index contributed by atoms with van der Waals surface area (Å²) in [6.07, 6.45) is 0.938. The van der Waals surface area contributed by atoms with Gasteiger partial charge in [0.15, 0.2) is 11.6 Å². The van der Waals surface area contributed by atoms with E-state index in [2.05, 4.69) is 5.16 Å². The topological polar surface area (TPSA) is 55.6 Å². The van der Waals surface area contributed by atoms with Crippen LogP contribution in [-0.2, 0) is 5.75 Å². The molecule has 2 aromatic carbocycles. The summed E-state index contributed by atoms with van der Waals surface area (Å²) in [6.45, 7) is 2.88. The number of carbonyl (C=O) groups is 1. The van der Waals surface area contributed by atoms with Crippen molar-refractivity contribution in [1.29, 1.82) is 0 Å². The van der Waals surface area contributed by atoms with E-state index < -0.39 is 11.6 Å². The van der Waals surface area contributed by atoms with E-state index >= 15 is 0 Å². The summed E-state index contributed by atoms with van der Waals surface area (Å²) in [5.41, 5.74) is 1.47. The molecule has 0 atom stereocenters. The molecule has 1 saturated heterocycles. The molecule has 0 N–H and O–H groups in total. The summed E-state index contributed by atoms with van der Waals surface area (Å²) in [4.78, 5) is 15.8. The summed E-state index contributed by atoms with van der Waals surface area (Å²) < 4.78 is 37.8. The number of rotatable bonds is 6. The molecule has 5 nitrogen and oxygen atoms in total. The lowest BCUT2D eigenvalue weighted by Crippen LogP contribution is -2.42. The molecule has 4 rings (SSSR count). The Kier molecular flexibility index (Phi) is 6.56. The molecule has 1 fully saturated rings. The second-order valence-corrected chi connectivity index (χ2v) is 8.42. The largest absolute Gasteiger partial charge is 0.487 e. The Morgan fingerprint density at radius 1 is 1.19 bits per heavy atom. The highest BCUT2D eigenvalue weighted by atomic mass is 32.2. The van der Waals surface area contributed by atoms with Gasteiger partial charge < -0.3 is 14.2 Å². The number of hydrogen-bond donors (Lipinski definition) is 0. The van der Waals surface area contributed by atoms with Gasteiger partial charge in [0, 0.05) is 43.0 Å². The van der Waals surface area contributed by atoms with Crippen LogP contribution in [-0.4, -0.2) is 35.2 Å². The zero-order valence-electron chi connectivity index (χ0n) is 17.0. The summed E-state index contributed by atoms with van der Waals surface area (Å²) in [5.74, 6) is -0.00850. The second kappa shape index (κ2) is 9.51. The van der Waals surface area contributed by atoms with E-state index in [4.69, 9.17) is 9.26 Å². The summed E-state index contributed by atoms with van der Waals surface area (Å²) in [5, 5.41) is 3.89. The molecular formula is C23H22F2N2O3S. The maximum absolute atomic E-state index is 13.8. The second-order valence-electron chi connectivity index (χ2n) is 7.40. The van der Waals surface area contributed by atoms with Gasteiger partial charge in [-0.2, -0.15) is 0 Å². The number of likely N-dealkylation sites (tertiary alicyclic amines) is 1. The van der Waals surface area contributed by atoms with Gasteiger partial charge in [0.25, 0.3) is 5.91 Å². The predicted octanol–water partition coefficient (Wildman–Crippen LogP) is 5.24. The first-order valence-corrected chi connectivity index (χ1v) is 11.0. The Morgan fingerprint density at radius 2 is 1.97 bits per heavy atom. The van der Waals surface area contributed by atoms with Gasteiger partial charge in [-0.15, -0.1) is 11.8 Å². The fourth-order valence-electron chi connectivity index (χ4n) is 3.50. The number of ether oxygens (including phenoxy) is 1. The Labute approximate surface area is 183 Å². The van der Waals surface area contributed by atoms with Crippen LogP contribution in [0.5, 0.6) is 5.75 Å². The molecule has 3 aromatic rings. The van der Waals surface area contributed by atoms with Crippen LogP contribution in [0, 0.1) is 18.6 Å². The highest BCUT2D eigenvalue weighted by molar-refractivity contribution is 7.98. The van der Waals surface area contributed by atoms with Crippen molar-refractivity contribution in [2.75, 3.05) is 13.1 Å². The predicted molar refractivity (Wildman–Crippen MR) is 113 cm³/mol. The van der Waals surface area contributed by atoms with Gasteiger partial charge in [-0.3, -0.25) is 4.79 Å². The highest BCUT2D eigenvalue weighted by Crippen LogP contribution is 2.29. The van der Waals surface area contributed by atoms with Crippen molar-refractivity contribution in [1.82, 2.24) is 10.1 Å².